The number of nitriles is 2. The first kappa shape index (κ1) is 8.34. The lowest BCUT2D eigenvalue weighted by Gasteiger charge is -1.91. The Kier molecular flexibility index (Phi) is 1.93. The van der Waals surface area contributed by atoms with Crippen LogP contribution in [0.4, 0.5) is 0 Å². The molecule has 0 fully saturated rings. The van der Waals surface area contributed by atoms with E-state index in [1.165, 1.54) is 0 Å². The number of nitrogens with zero attached hydrogens (tertiary/aromatic N) is 2. The van der Waals surface area contributed by atoms with Crippen LogP contribution in [0.15, 0.2) is 28.1 Å². The van der Waals surface area contributed by atoms with Crippen LogP contribution in [0.25, 0.3) is 12.2 Å². The maximum atomic E-state index is 8.81. The third-order valence-corrected chi connectivity index (χ3v) is 2.05. The molecule has 1 aliphatic carbocycles. The van der Waals surface area contributed by atoms with Crippen molar-refractivity contribution in [2.75, 3.05) is 0 Å². The third-order valence-electron chi connectivity index (χ3n) is 2.05. The highest BCUT2D eigenvalue weighted by Gasteiger charge is 2.10. The van der Waals surface area contributed by atoms with Crippen molar-refractivity contribution in [2.45, 2.75) is 6.42 Å². The Morgan fingerprint density at radius 2 is 1.50 bits per heavy atom. The van der Waals surface area contributed by atoms with Gasteiger partial charge in [-0.1, -0.05) is 0 Å². The smallest absolute Gasteiger partial charge is 0.0981 e. The van der Waals surface area contributed by atoms with Gasteiger partial charge in [0.05, 0.1) is 24.7 Å². The van der Waals surface area contributed by atoms with Crippen molar-refractivity contribution in [3.05, 3.63) is 34.8 Å². The Labute approximate surface area is 81.2 Å². The summed E-state index contributed by atoms with van der Waals surface area (Å²) in [6.45, 7) is 0. The second-order valence-electron chi connectivity index (χ2n) is 3.02. The van der Waals surface area contributed by atoms with Crippen molar-refractivity contribution < 1.29 is 4.42 Å². The zero-order valence-electron chi connectivity index (χ0n) is 7.32. The van der Waals surface area contributed by atoms with Crippen molar-refractivity contribution >= 4 is 12.2 Å². The molecule has 0 bridgehead atoms. The summed E-state index contributed by atoms with van der Waals surface area (Å²) in [4.78, 5) is 0. The minimum absolute atomic E-state index is 0.404. The SMILES string of the molecule is N#CC1=Cc2cocc2C=C(C#N)C1. The van der Waals surface area contributed by atoms with Crippen molar-refractivity contribution in [1.29, 1.82) is 10.5 Å². The molecule has 0 aliphatic heterocycles. The topological polar surface area (TPSA) is 60.7 Å². The molecule has 0 spiro atoms. The predicted octanol–water partition coefficient (Wildman–Crippen LogP) is 2.50. The van der Waals surface area contributed by atoms with Crippen molar-refractivity contribution in [2.24, 2.45) is 0 Å². The summed E-state index contributed by atoms with van der Waals surface area (Å²) in [6, 6.07) is 4.13. The highest BCUT2D eigenvalue weighted by Crippen LogP contribution is 2.25. The quantitative estimate of drug-likeness (QED) is 0.619. The van der Waals surface area contributed by atoms with Gasteiger partial charge in [0.1, 0.15) is 0 Å². The average molecular weight is 182 g/mol. The lowest BCUT2D eigenvalue weighted by Crippen LogP contribution is -1.80. The van der Waals surface area contributed by atoms with Gasteiger partial charge in [-0.2, -0.15) is 10.5 Å². The van der Waals surface area contributed by atoms with Crippen molar-refractivity contribution in [3.63, 3.8) is 0 Å². The summed E-state index contributed by atoms with van der Waals surface area (Å²) in [5.74, 6) is 0. The summed E-state index contributed by atoms with van der Waals surface area (Å²) in [6.07, 6.45) is 7.05. The number of furan rings is 1. The molecule has 0 radical (unpaired) electrons. The highest BCUT2D eigenvalue weighted by atomic mass is 16.3. The molecule has 0 N–H and O–H groups in total. The normalized spacial score (nSPS) is 14.1. The second-order valence-corrected chi connectivity index (χ2v) is 3.02. The van der Waals surface area contributed by atoms with E-state index in [1.54, 1.807) is 24.7 Å². The summed E-state index contributed by atoms with van der Waals surface area (Å²) in [5, 5.41) is 17.6. The number of rotatable bonds is 0. The van der Waals surface area contributed by atoms with Crippen molar-refractivity contribution in [1.82, 2.24) is 0 Å². The van der Waals surface area contributed by atoms with E-state index < -0.39 is 0 Å². The Bertz CT molecular complexity index is 462. The fourth-order valence-electron chi connectivity index (χ4n) is 1.38. The number of hydrogen-bond acceptors (Lipinski definition) is 3. The molecule has 66 valence electrons. The van der Waals surface area contributed by atoms with Gasteiger partial charge in [-0.05, 0) is 12.2 Å². The lowest BCUT2D eigenvalue weighted by molar-refractivity contribution is 0.566. The zero-order chi connectivity index (χ0) is 9.97. The Morgan fingerprint density at radius 1 is 1.00 bits per heavy atom. The van der Waals surface area contributed by atoms with Crippen molar-refractivity contribution in [3.8, 4) is 12.1 Å². The Hall–Kier alpha value is -2.26. The molecule has 2 rings (SSSR count). The van der Waals surface area contributed by atoms with Crippen LogP contribution in [0.5, 0.6) is 0 Å². The van der Waals surface area contributed by atoms with Crippen LogP contribution in [0, 0.1) is 22.7 Å². The number of fused-ring (bicyclic) bond motifs is 1. The Balaban J connectivity index is 2.59. The molecule has 3 heteroatoms. The summed E-state index contributed by atoms with van der Waals surface area (Å²) >= 11 is 0. The van der Waals surface area contributed by atoms with Gasteiger partial charge in [0.15, 0.2) is 0 Å². The van der Waals surface area contributed by atoms with E-state index in [4.69, 9.17) is 14.9 Å². The lowest BCUT2D eigenvalue weighted by atomic mass is 10.1. The largest absolute Gasteiger partial charge is 0.471 e. The van der Waals surface area contributed by atoms with Crippen LogP contribution in [0.1, 0.15) is 17.5 Å². The molecular formula is C11H6N2O. The molecule has 0 saturated carbocycles. The monoisotopic (exact) mass is 182 g/mol. The minimum atomic E-state index is 0.404. The third kappa shape index (κ3) is 1.32. The van der Waals surface area contributed by atoms with Gasteiger partial charge in [-0.15, -0.1) is 0 Å². The van der Waals surface area contributed by atoms with E-state index in [0.29, 0.717) is 17.6 Å². The molecule has 1 aromatic heterocycles. The summed E-state index contributed by atoms with van der Waals surface area (Å²) in [5.41, 5.74) is 2.87. The first-order valence-electron chi connectivity index (χ1n) is 4.11. The molecule has 1 aromatic rings. The molecule has 14 heavy (non-hydrogen) atoms. The van der Waals surface area contributed by atoms with Crippen LogP contribution in [0.2, 0.25) is 0 Å². The standard InChI is InChI=1S/C11H6N2O/c12-4-8-1-9(5-13)3-11-7-14-6-10(11)2-8/h2-3,6-7H,1H2. The second kappa shape index (κ2) is 3.24. The molecule has 3 nitrogen and oxygen atoms in total. The van der Waals surface area contributed by atoms with Gasteiger partial charge in [0, 0.05) is 28.7 Å². The van der Waals surface area contributed by atoms with Gasteiger partial charge in [0.25, 0.3) is 0 Å². The Morgan fingerprint density at radius 3 is 1.93 bits per heavy atom. The molecule has 0 unspecified atom stereocenters. The van der Waals surface area contributed by atoms with E-state index in [-0.39, 0.29) is 0 Å². The molecule has 0 saturated heterocycles. The maximum Gasteiger partial charge on any atom is 0.0981 e. The average Bonchev–Trinajstić information content (AvgIpc) is 2.56. The number of allylic oxidation sites excluding steroid dienone is 2. The number of hydrogen-bond donors (Lipinski definition) is 0. The minimum Gasteiger partial charge on any atom is -0.471 e. The van der Waals surface area contributed by atoms with Crippen LogP contribution >= 0.6 is 0 Å². The van der Waals surface area contributed by atoms with Gasteiger partial charge in [0.2, 0.25) is 0 Å². The van der Waals surface area contributed by atoms with Crippen LogP contribution in [-0.4, -0.2) is 0 Å². The first-order valence-corrected chi connectivity index (χ1v) is 4.11. The first-order chi connectivity index (χ1) is 6.83. The van der Waals surface area contributed by atoms with Gasteiger partial charge in [-0.3, -0.25) is 0 Å². The zero-order valence-corrected chi connectivity index (χ0v) is 7.32. The predicted molar refractivity (Wildman–Crippen MR) is 50.5 cm³/mol. The van der Waals surface area contributed by atoms with E-state index in [2.05, 4.69) is 12.1 Å². The molecule has 0 amide bonds. The summed E-state index contributed by atoms with van der Waals surface area (Å²) in [7, 11) is 0. The van der Waals surface area contributed by atoms with E-state index in [1.807, 2.05) is 0 Å². The van der Waals surface area contributed by atoms with E-state index in [0.717, 1.165) is 11.1 Å². The van der Waals surface area contributed by atoms with E-state index in [9.17, 15) is 0 Å². The van der Waals surface area contributed by atoms with Gasteiger partial charge < -0.3 is 4.42 Å². The molecule has 1 heterocycles. The van der Waals surface area contributed by atoms with Crippen LogP contribution < -0.4 is 0 Å². The highest BCUT2D eigenvalue weighted by molar-refractivity contribution is 5.73. The molecule has 1 aliphatic rings. The summed E-state index contributed by atoms with van der Waals surface area (Å²) < 4.78 is 5.00. The fourth-order valence-corrected chi connectivity index (χ4v) is 1.38. The van der Waals surface area contributed by atoms with Crippen LogP contribution in [-0.2, 0) is 0 Å². The fraction of sp³-hybridized carbons (Fsp3) is 0.0909. The molecule has 0 aromatic carbocycles. The van der Waals surface area contributed by atoms with Crippen LogP contribution in [0.3, 0.4) is 0 Å². The van der Waals surface area contributed by atoms with Gasteiger partial charge >= 0.3 is 0 Å². The molecule has 0 atom stereocenters. The molecular weight excluding hydrogens is 176 g/mol. The van der Waals surface area contributed by atoms with E-state index >= 15 is 0 Å². The van der Waals surface area contributed by atoms with Gasteiger partial charge in [-0.25, -0.2) is 0 Å². The maximum absolute atomic E-state index is 8.81.